The van der Waals surface area contributed by atoms with Gasteiger partial charge >= 0.3 is 0 Å². The van der Waals surface area contributed by atoms with E-state index in [0.717, 1.165) is 11.1 Å². The summed E-state index contributed by atoms with van der Waals surface area (Å²) in [4.78, 5) is 31.0. The first-order valence-corrected chi connectivity index (χ1v) is 9.68. The Morgan fingerprint density at radius 1 is 1.00 bits per heavy atom. The predicted octanol–water partition coefficient (Wildman–Crippen LogP) is 3.97. The minimum absolute atomic E-state index is 0.00909. The lowest BCUT2D eigenvalue weighted by Crippen LogP contribution is -2.27. The van der Waals surface area contributed by atoms with Gasteiger partial charge in [0.15, 0.2) is 11.5 Å². The summed E-state index contributed by atoms with van der Waals surface area (Å²) in [6.07, 6.45) is 0. The molecule has 1 heterocycles. The number of hydrogen-bond acceptors (Lipinski definition) is 5. The number of aromatic hydroxyl groups is 1. The molecule has 0 radical (unpaired) electrons. The van der Waals surface area contributed by atoms with Crippen LogP contribution in [0.2, 0.25) is 0 Å². The second kappa shape index (κ2) is 7.95. The Morgan fingerprint density at radius 3 is 2.39 bits per heavy atom. The zero-order valence-corrected chi connectivity index (χ0v) is 17.3. The maximum atomic E-state index is 13.4. The van der Waals surface area contributed by atoms with Crippen molar-refractivity contribution in [2.45, 2.75) is 13.8 Å². The van der Waals surface area contributed by atoms with E-state index in [1.54, 1.807) is 36.4 Å². The van der Waals surface area contributed by atoms with Crippen LogP contribution < -0.4 is 15.6 Å². The Bertz CT molecular complexity index is 1360. The Kier molecular flexibility index (Phi) is 5.17. The van der Waals surface area contributed by atoms with Crippen molar-refractivity contribution in [2.75, 3.05) is 12.4 Å². The van der Waals surface area contributed by atoms with Crippen molar-refractivity contribution < 1.29 is 14.6 Å². The maximum Gasteiger partial charge on any atom is 0.267 e. The maximum absolute atomic E-state index is 13.4. The lowest BCUT2D eigenvalue weighted by atomic mass is 10.1. The van der Waals surface area contributed by atoms with E-state index in [9.17, 15) is 14.7 Å². The lowest BCUT2D eigenvalue weighted by molar-refractivity contribution is 0.102. The van der Waals surface area contributed by atoms with Crippen molar-refractivity contribution >= 4 is 22.8 Å². The molecule has 0 spiro atoms. The summed E-state index contributed by atoms with van der Waals surface area (Å²) in [7, 11) is 1.40. The molecule has 3 aromatic carbocycles. The smallest absolute Gasteiger partial charge is 0.267 e. The third kappa shape index (κ3) is 3.50. The standard InChI is InChI=1S/C24H21N3O4/c1-14-8-6-9-15(2)20(14)27-23(30)16-10-4-5-12-18(16)25-24(27)26-22(29)17-11-7-13-19(31-3)21(17)28/h4-13,28H,1-3H3,(H,25,26,29). The number of fused-ring (bicyclic) bond motifs is 1. The molecule has 0 bridgehead atoms. The van der Waals surface area contributed by atoms with Crippen molar-refractivity contribution in [3.05, 3.63) is 87.7 Å². The number of para-hydroxylation sites is 3. The summed E-state index contributed by atoms with van der Waals surface area (Å²) >= 11 is 0. The number of phenols is 1. The first-order chi connectivity index (χ1) is 14.9. The molecule has 0 saturated heterocycles. The fourth-order valence-corrected chi connectivity index (χ4v) is 3.62. The fourth-order valence-electron chi connectivity index (χ4n) is 3.62. The van der Waals surface area contributed by atoms with E-state index < -0.39 is 5.91 Å². The molecular weight excluding hydrogens is 394 g/mol. The van der Waals surface area contributed by atoms with Crippen molar-refractivity contribution in [1.82, 2.24) is 9.55 Å². The third-order valence-corrected chi connectivity index (χ3v) is 5.13. The highest BCUT2D eigenvalue weighted by atomic mass is 16.5. The summed E-state index contributed by atoms with van der Waals surface area (Å²) in [6, 6.07) is 17.3. The molecule has 1 aromatic heterocycles. The Labute approximate surface area is 178 Å². The van der Waals surface area contributed by atoms with Gasteiger partial charge in [0.05, 0.1) is 29.3 Å². The van der Waals surface area contributed by atoms with Gasteiger partial charge in [-0.2, -0.15) is 0 Å². The normalized spacial score (nSPS) is 10.8. The quantitative estimate of drug-likeness (QED) is 0.526. The van der Waals surface area contributed by atoms with Crippen LogP contribution in [-0.2, 0) is 0 Å². The fraction of sp³-hybridized carbons (Fsp3) is 0.125. The van der Waals surface area contributed by atoms with Crippen LogP contribution in [0.3, 0.4) is 0 Å². The lowest BCUT2D eigenvalue weighted by Gasteiger charge is -2.18. The van der Waals surface area contributed by atoms with Gasteiger partial charge in [0.25, 0.3) is 11.5 Å². The average molecular weight is 415 g/mol. The molecule has 7 nitrogen and oxygen atoms in total. The van der Waals surface area contributed by atoms with Crippen LogP contribution in [0.25, 0.3) is 16.6 Å². The topological polar surface area (TPSA) is 93.5 Å². The van der Waals surface area contributed by atoms with Gasteiger partial charge in [0.2, 0.25) is 5.95 Å². The molecule has 2 N–H and O–H groups in total. The number of hydrogen-bond donors (Lipinski definition) is 2. The molecule has 0 saturated carbocycles. The largest absolute Gasteiger partial charge is 0.504 e. The van der Waals surface area contributed by atoms with E-state index in [0.29, 0.717) is 16.6 Å². The van der Waals surface area contributed by atoms with Gasteiger partial charge < -0.3 is 9.84 Å². The van der Waals surface area contributed by atoms with E-state index in [4.69, 9.17) is 4.74 Å². The monoisotopic (exact) mass is 415 g/mol. The first kappa shape index (κ1) is 20.2. The number of ether oxygens (including phenoxy) is 1. The Hall–Kier alpha value is -4.13. The van der Waals surface area contributed by atoms with Gasteiger partial charge in [-0.25, -0.2) is 9.55 Å². The van der Waals surface area contributed by atoms with Crippen molar-refractivity contribution in [1.29, 1.82) is 0 Å². The number of carbonyl (C=O) groups excluding carboxylic acids is 1. The van der Waals surface area contributed by atoms with E-state index in [1.807, 2.05) is 32.0 Å². The number of nitrogens with zero attached hydrogens (tertiary/aromatic N) is 2. The van der Waals surface area contributed by atoms with E-state index in [-0.39, 0.29) is 28.6 Å². The summed E-state index contributed by atoms with van der Waals surface area (Å²) in [5.41, 5.74) is 2.54. The van der Waals surface area contributed by atoms with Gasteiger partial charge in [-0.05, 0) is 49.2 Å². The van der Waals surface area contributed by atoms with Crippen LogP contribution in [0.1, 0.15) is 21.5 Å². The number of aryl methyl sites for hydroxylation is 2. The van der Waals surface area contributed by atoms with Gasteiger partial charge in [-0.1, -0.05) is 36.4 Å². The van der Waals surface area contributed by atoms with Gasteiger partial charge in [0.1, 0.15) is 0 Å². The highest BCUT2D eigenvalue weighted by Crippen LogP contribution is 2.30. The van der Waals surface area contributed by atoms with Gasteiger partial charge in [0, 0.05) is 0 Å². The molecule has 7 heteroatoms. The summed E-state index contributed by atoms with van der Waals surface area (Å²) in [5.74, 6) is -0.664. The number of carbonyl (C=O) groups is 1. The van der Waals surface area contributed by atoms with Crippen molar-refractivity contribution in [3.8, 4) is 17.2 Å². The summed E-state index contributed by atoms with van der Waals surface area (Å²) < 4.78 is 6.49. The van der Waals surface area contributed by atoms with Gasteiger partial charge in [-0.15, -0.1) is 0 Å². The van der Waals surface area contributed by atoms with E-state index in [2.05, 4.69) is 10.3 Å². The summed E-state index contributed by atoms with van der Waals surface area (Å²) in [5, 5.41) is 13.5. The SMILES string of the molecule is COc1cccc(C(=O)Nc2nc3ccccc3c(=O)n2-c2c(C)cccc2C)c1O. The molecule has 4 aromatic rings. The molecule has 0 unspecified atom stereocenters. The van der Waals surface area contributed by atoms with Crippen molar-refractivity contribution in [3.63, 3.8) is 0 Å². The molecule has 0 aliphatic heterocycles. The second-order valence-corrected chi connectivity index (χ2v) is 7.14. The number of amides is 1. The molecule has 156 valence electrons. The van der Waals surface area contributed by atoms with Crippen LogP contribution in [0.5, 0.6) is 11.5 Å². The van der Waals surface area contributed by atoms with Crippen LogP contribution >= 0.6 is 0 Å². The number of nitrogens with one attached hydrogen (secondary N) is 1. The zero-order chi connectivity index (χ0) is 22.1. The van der Waals surface area contributed by atoms with Gasteiger partial charge in [-0.3, -0.25) is 14.9 Å². The third-order valence-electron chi connectivity index (χ3n) is 5.13. The minimum Gasteiger partial charge on any atom is -0.504 e. The summed E-state index contributed by atoms with van der Waals surface area (Å²) in [6.45, 7) is 3.78. The van der Waals surface area contributed by atoms with Crippen LogP contribution in [0.15, 0.2) is 65.5 Å². The Morgan fingerprint density at radius 2 is 1.68 bits per heavy atom. The zero-order valence-electron chi connectivity index (χ0n) is 17.3. The number of rotatable bonds is 4. The number of aromatic nitrogens is 2. The molecule has 0 fully saturated rings. The van der Waals surface area contributed by atoms with Crippen LogP contribution in [0, 0.1) is 13.8 Å². The number of anilines is 1. The molecular formula is C24H21N3O4. The number of methoxy groups -OCH3 is 1. The van der Waals surface area contributed by atoms with Crippen molar-refractivity contribution in [2.24, 2.45) is 0 Å². The highest BCUT2D eigenvalue weighted by Gasteiger charge is 2.20. The van der Waals surface area contributed by atoms with Crippen LogP contribution in [-0.4, -0.2) is 27.7 Å². The molecule has 0 atom stereocenters. The highest BCUT2D eigenvalue weighted by molar-refractivity contribution is 6.06. The number of benzene rings is 3. The number of phenolic OH excluding ortho intramolecular Hbond substituents is 1. The predicted molar refractivity (Wildman–Crippen MR) is 119 cm³/mol. The first-order valence-electron chi connectivity index (χ1n) is 9.68. The molecule has 31 heavy (non-hydrogen) atoms. The molecule has 4 rings (SSSR count). The molecule has 0 aliphatic rings. The molecule has 1 amide bonds. The molecule has 0 aliphatic carbocycles. The van der Waals surface area contributed by atoms with E-state index >= 15 is 0 Å². The van der Waals surface area contributed by atoms with E-state index in [1.165, 1.54) is 17.7 Å². The van der Waals surface area contributed by atoms with Crippen LogP contribution in [0.4, 0.5) is 5.95 Å². The second-order valence-electron chi connectivity index (χ2n) is 7.14. The average Bonchev–Trinajstić information content (AvgIpc) is 2.75. The minimum atomic E-state index is -0.612. The Balaban J connectivity index is 1.94.